The molecule has 1 fully saturated rings. The third-order valence-corrected chi connectivity index (χ3v) is 5.27. The summed E-state index contributed by atoms with van der Waals surface area (Å²) < 4.78 is 91.0. The lowest BCUT2D eigenvalue weighted by atomic mass is 9.69. The first kappa shape index (κ1) is 23.9. The molecule has 27 heavy (non-hydrogen) atoms. The molecule has 0 N–H and O–H groups in total. The van der Waals surface area contributed by atoms with Gasteiger partial charge < -0.3 is 9.47 Å². The van der Waals surface area contributed by atoms with E-state index >= 15 is 0 Å². The summed E-state index contributed by atoms with van der Waals surface area (Å²) in [6, 6.07) is 0. The third kappa shape index (κ3) is 5.44. The van der Waals surface area contributed by atoms with Gasteiger partial charge in [0.15, 0.2) is 0 Å². The average molecular weight is 406 g/mol. The van der Waals surface area contributed by atoms with Crippen LogP contribution in [0.25, 0.3) is 0 Å². The highest BCUT2D eigenvalue weighted by molar-refractivity contribution is 5.61. The largest absolute Gasteiger partial charge is 0.510 e. The Bertz CT molecular complexity index is 485. The third-order valence-electron chi connectivity index (χ3n) is 5.27. The summed E-state index contributed by atoms with van der Waals surface area (Å²) >= 11 is 0. The molecule has 0 amide bonds. The van der Waals surface area contributed by atoms with Crippen molar-refractivity contribution in [2.75, 3.05) is 0 Å². The Morgan fingerprint density at radius 2 is 1.37 bits per heavy atom. The molecule has 0 heterocycles. The van der Waals surface area contributed by atoms with Crippen molar-refractivity contribution < 1.29 is 40.6 Å². The number of ether oxygens (including phenoxy) is 2. The minimum atomic E-state index is -5.81. The molecule has 0 aromatic rings. The molecule has 0 saturated heterocycles. The van der Waals surface area contributed by atoms with E-state index in [1.807, 2.05) is 13.8 Å². The molecule has 0 aliphatic heterocycles. The zero-order valence-corrected chi connectivity index (χ0v) is 16.3. The standard InChI is InChI=1S/C18H28F6O3/c1-6-11(2)12-7-9-13(10-8-12)16(17(19,20)21,18(22,23)24)27-14(25)26-15(3,4)5/h11-13H,6-10H2,1-5H3. The van der Waals surface area contributed by atoms with Crippen molar-refractivity contribution in [3.63, 3.8) is 0 Å². The van der Waals surface area contributed by atoms with E-state index < -0.39 is 35.6 Å². The molecule has 1 saturated carbocycles. The van der Waals surface area contributed by atoms with Crippen molar-refractivity contribution in [1.82, 2.24) is 0 Å². The van der Waals surface area contributed by atoms with Crippen LogP contribution in [0.2, 0.25) is 0 Å². The van der Waals surface area contributed by atoms with Crippen LogP contribution in [0.5, 0.6) is 0 Å². The maximum atomic E-state index is 13.7. The molecule has 160 valence electrons. The number of halogens is 6. The zero-order valence-electron chi connectivity index (χ0n) is 16.3. The summed E-state index contributed by atoms with van der Waals surface area (Å²) in [5.41, 5.74) is -5.85. The van der Waals surface area contributed by atoms with Crippen LogP contribution in [0, 0.1) is 17.8 Å². The van der Waals surface area contributed by atoms with Gasteiger partial charge in [0.05, 0.1) is 0 Å². The maximum Gasteiger partial charge on any atom is 0.510 e. The average Bonchev–Trinajstić information content (AvgIpc) is 2.48. The fourth-order valence-electron chi connectivity index (χ4n) is 3.65. The van der Waals surface area contributed by atoms with Crippen molar-refractivity contribution >= 4 is 6.16 Å². The predicted octanol–water partition coefficient (Wildman–Crippen LogP) is 6.65. The Morgan fingerprint density at radius 3 is 1.70 bits per heavy atom. The molecule has 1 rings (SSSR count). The Morgan fingerprint density at radius 1 is 0.926 bits per heavy atom. The molecule has 0 aromatic heterocycles. The van der Waals surface area contributed by atoms with Crippen molar-refractivity contribution in [3.8, 4) is 0 Å². The number of alkyl halides is 6. The van der Waals surface area contributed by atoms with Crippen molar-refractivity contribution in [1.29, 1.82) is 0 Å². The molecule has 0 spiro atoms. The van der Waals surface area contributed by atoms with Gasteiger partial charge in [-0.25, -0.2) is 4.79 Å². The molecule has 1 aliphatic rings. The van der Waals surface area contributed by atoms with Crippen LogP contribution in [-0.4, -0.2) is 29.7 Å². The van der Waals surface area contributed by atoms with Gasteiger partial charge in [0.2, 0.25) is 0 Å². The van der Waals surface area contributed by atoms with Crippen LogP contribution in [0.4, 0.5) is 31.1 Å². The summed E-state index contributed by atoms with van der Waals surface area (Å²) in [6.45, 7) is 7.85. The van der Waals surface area contributed by atoms with Gasteiger partial charge >= 0.3 is 24.1 Å². The van der Waals surface area contributed by atoms with E-state index in [1.165, 1.54) is 20.8 Å². The van der Waals surface area contributed by atoms with Gasteiger partial charge in [-0.1, -0.05) is 20.3 Å². The predicted molar refractivity (Wildman–Crippen MR) is 87.1 cm³/mol. The molecule has 1 atom stereocenters. The lowest BCUT2D eigenvalue weighted by molar-refractivity contribution is -0.388. The molecule has 1 unspecified atom stereocenters. The van der Waals surface area contributed by atoms with Crippen LogP contribution in [-0.2, 0) is 9.47 Å². The lowest BCUT2D eigenvalue weighted by Gasteiger charge is -2.45. The van der Waals surface area contributed by atoms with Gasteiger partial charge in [-0.2, -0.15) is 26.3 Å². The number of carbonyl (C=O) groups excluding carboxylic acids is 1. The second-order valence-corrected chi connectivity index (χ2v) is 8.29. The van der Waals surface area contributed by atoms with Gasteiger partial charge in [-0.05, 0) is 58.3 Å². The van der Waals surface area contributed by atoms with Gasteiger partial charge in [0.1, 0.15) is 5.60 Å². The van der Waals surface area contributed by atoms with Crippen LogP contribution in [0.3, 0.4) is 0 Å². The minimum absolute atomic E-state index is 0.0620. The van der Waals surface area contributed by atoms with E-state index in [0.29, 0.717) is 0 Å². The highest BCUT2D eigenvalue weighted by atomic mass is 19.4. The Balaban J connectivity index is 3.21. The van der Waals surface area contributed by atoms with Gasteiger partial charge in [0.25, 0.3) is 0 Å². The van der Waals surface area contributed by atoms with E-state index in [1.54, 1.807) is 0 Å². The quantitative estimate of drug-likeness (QED) is 0.387. The number of rotatable bonds is 4. The summed E-state index contributed by atoms with van der Waals surface area (Å²) in [4.78, 5) is 11.8. The van der Waals surface area contributed by atoms with Gasteiger partial charge in [-0.15, -0.1) is 0 Å². The molecule has 0 bridgehead atoms. The summed E-state index contributed by atoms with van der Waals surface area (Å²) in [7, 11) is 0. The zero-order chi connectivity index (χ0) is 21.3. The number of hydrogen-bond donors (Lipinski definition) is 0. The SMILES string of the molecule is CCC(C)C1CCC(C(OC(=O)OC(C)(C)C)(C(F)(F)F)C(F)(F)F)CC1. The van der Waals surface area contributed by atoms with E-state index in [2.05, 4.69) is 9.47 Å². The summed E-state index contributed by atoms with van der Waals surface area (Å²) in [5, 5.41) is 0. The van der Waals surface area contributed by atoms with E-state index in [9.17, 15) is 31.1 Å². The Labute approximate surface area is 155 Å². The van der Waals surface area contributed by atoms with Crippen LogP contribution >= 0.6 is 0 Å². The molecule has 1 aliphatic carbocycles. The molecule has 9 heteroatoms. The van der Waals surface area contributed by atoms with Crippen LogP contribution in [0.1, 0.15) is 66.7 Å². The van der Waals surface area contributed by atoms with Gasteiger partial charge in [0, 0.05) is 5.92 Å². The first-order valence-electron chi connectivity index (χ1n) is 9.10. The van der Waals surface area contributed by atoms with E-state index in [-0.39, 0.29) is 37.5 Å². The van der Waals surface area contributed by atoms with Gasteiger partial charge in [-0.3, -0.25) is 0 Å². The second-order valence-electron chi connectivity index (χ2n) is 8.29. The number of hydrogen-bond acceptors (Lipinski definition) is 3. The van der Waals surface area contributed by atoms with Crippen molar-refractivity contribution in [2.24, 2.45) is 17.8 Å². The first-order chi connectivity index (χ1) is 12.0. The van der Waals surface area contributed by atoms with Crippen LogP contribution < -0.4 is 0 Å². The molecule has 0 radical (unpaired) electrons. The highest BCUT2D eigenvalue weighted by Gasteiger charge is 2.77. The monoisotopic (exact) mass is 406 g/mol. The Kier molecular flexibility index (Phi) is 7.14. The minimum Gasteiger partial charge on any atom is -0.429 e. The van der Waals surface area contributed by atoms with Crippen LogP contribution in [0.15, 0.2) is 0 Å². The second kappa shape index (κ2) is 8.07. The first-order valence-corrected chi connectivity index (χ1v) is 9.10. The smallest absolute Gasteiger partial charge is 0.429 e. The normalized spacial score (nSPS) is 23.7. The molecule has 0 aromatic carbocycles. The van der Waals surface area contributed by atoms with Crippen molar-refractivity contribution in [2.45, 2.75) is 90.3 Å². The highest BCUT2D eigenvalue weighted by Crippen LogP contribution is 2.55. The topological polar surface area (TPSA) is 35.5 Å². The van der Waals surface area contributed by atoms with E-state index in [0.717, 1.165) is 6.42 Å². The fraction of sp³-hybridized carbons (Fsp3) is 0.944. The maximum absolute atomic E-state index is 13.7. The molecular weight excluding hydrogens is 378 g/mol. The summed E-state index contributed by atoms with van der Waals surface area (Å²) in [6.07, 6.45) is -13.0. The molecule has 3 nitrogen and oxygen atoms in total. The number of carbonyl (C=O) groups is 1. The lowest BCUT2D eigenvalue weighted by Crippen LogP contribution is -2.64. The summed E-state index contributed by atoms with van der Waals surface area (Å²) in [5.74, 6) is -1.62. The van der Waals surface area contributed by atoms with Crippen molar-refractivity contribution in [3.05, 3.63) is 0 Å². The Hall–Kier alpha value is -1.15. The molecular formula is C18H28F6O3. The van der Waals surface area contributed by atoms with E-state index in [4.69, 9.17) is 0 Å². The fourth-order valence-corrected chi connectivity index (χ4v) is 3.65.